The van der Waals surface area contributed by atoms with Crippen LogP contribution in [0.15, 0.2) is 66.2 Å². The summed E-state index contributed by atoms with van der Waals surface area (Å²) in [6, 6.07) is 6.29. The van der Waals surface area contributed by atoms with Gasteiger partial charge in [0.2, 0.25) is 5.88 Å². The lowest BCUT2D eigenvalue weighted by Gasteiger charge is -2.44. The summed E-state index contributed by atoms with van der Waals surface area (Å²) >= 11 is 0. The van der Waals surface area contributed by atoms with Gasteiger partial charge in [-0.05, 0) is 45.2 Å². The van der Waals surface area contributed by atoms with E-state index in [0.29, 0.717) is 43.4 Å². The van der Waals surface area contributed by atoms with Crippen LogP contribution in [0.25, 0.3) is 11.1 Å². The number of piperazine rings is 1. The predicted molar refractivity (Wildman–Crippen MR) is 156 cm³/mol. The summed E-state index contributed by atoms with van der Waals surface area (Å²) in [5, 5.41) is 5.22. The van der Waals surface area contributed by atoms with Crippen molar-refractivity contribution in [2.45, 2.75) is 51.1 Å². The fourth-order valence-electron chi connectivity index (χ4n) is 5.47. The number of nitrogens with zero attached hydrogens (tertiary/aromatic N) is 3. The highest BCUT2D eigenvalue weighted by atomic mass is 19.4. The van der Waals surface area contributed by atoms with Gasteiger partial charge in [0.05, 0.1) is 35.7 Å². The van der Waals surface area contributed by atoms with Crippen LogP contribution in [0, 0.1) is 5.82 Å². The van der Waals surface area contributed by atoms with E-state index >= 15 is 4.39 Å². The normalized spacial score (nSPS) is 22.0. The fraction of sp³-hybridized carbons (Fsp3) is 0.419. The number of amides is 1. The summed E-state index contributed by atoms with van der Waals surface area (Å²) in [7, 11) is 2.00. The highest BCUT2D eigenvalue weighted by molar-refractivity contribution is 6.09. The number of aromatic nitrogens is 1. The van der Waals surface area contributed by atoms with Crippen LogP contribution in [0.2, 0.25) is 0 Å². The molecule has 0 bridgehead atoms. The van der Waals surface area contributed by atoms with Crippen LogP contribution >= 0.6 is 0 Å². The summed E-state index contributed by atoms with van der Waals surface area (Å²) in [5.74, 6) is -1.15. The maximum atomic E-state index is 15.8. The SMILES string of the molecule is C=C1C=C(C(F)(F)F)C(C(=O)Nc2cc(-c3ccc(OC4CCOCC4)nc3)c(F)cc2N2C[C@@H](C)N(C)[C@@H](C)C2)=CN1. The molecule has 8 nitrogen and oxygen atoms in total. The number of carbonyl (C=O) groups is 1. The van der Waals surface area contributed by atoms with Crippen LogP contribution in [-0.4, -0.2) is 73.5 Å². The Morgan fingerprint density at radius 1 is 1.16 bits per heavy atom. The molecule has 0 unspecified atom stereocenters. The average molecular weight is 602 g/mol. The molecule has 0 radical (unpaired) electrons. The van der Waals surface area contributed by atoms with Gasteiger partial charge < -0.3 is 25.0 Å². The first-order valence-electron chi connectivity index (χ1n) is 14.2. The third-order valence-electron chi connectivity index (χ3n) is 8.10. The molecular formula is C31H35F4N5O3. The Bertz CT molecular complexity index is 1420. The predicted octanol–water partition coefficient (Wildman–Crippen LogP) is 5.40. The number of pyridine rings is 1. The first-order chi connectivity index (χ1) is 20.4. The number of allylic oxidation sites excluding steroid dienone is 1. The molecule has 0 spiro atoms. The number of benzene rings is 1. The molecule has 5 rings (SSSR count). The fourth-order valence-corrected chi connectivity index (χ4v) is 5.47. The Morgan fingerprint density at radius 2 is 1.86 bits per heavy atom. The van der Waals surface area contributed by atoms with Crippen molar-refractivity contribution in [1.29, 1.82) is 0 Å². The Labute approximate surface area is 248 Å². The van der Waals surface area contributed by atoms with Gasteiger partial charge in [-0.2, -0.15) is 13.2 Å². The molecule has 2 N–H and O–H groups in total. The van der Waals surface area contributed by atoms with E-state index in [9.17, 15) is 18.0 Å². The maximum absolute atomic E-state index is 15.8. The lowest BCUT2D eigenvalue weighted by molar-refractivity contribution is -0.115. The molecule has 2 saturated heterocycles. The average Bonchev–Trinajstić information content (AvgIpc) is 2.97. The number of hydrogen-bond donors (Lipinski definition) is 2. The molecule has 0 saturated carbocycles. The molecule has 4 heterocycles. The highest BCUT2D eigenvalue weighted by Gasteiger charge is 2.40. The molecule has 1 aromatic heterocycles. The summed E-state index contributed by atoms with van der Waals surface area (Å²) < 4.78 is 68.5. The van der Waals surface area contributed by atoms with Gasteiger partial charge in [0, 0.05) is 73.3 Å². The number of dihydropyridines is 1. The van der Waals surface area contributed by atoms with Crippen LogP contribution in [0.5, 0.6) is 5.88 Å². The number of halogens is 4. The third-order valence-corrected chi connectivity index (χ3v) is 8.10. The molecule has 1 amide bonds. The van der Waals surface area contributed by atoms with E-state index in [1.807, 2.05) is 25.8 Å². The van der Waals surface area contributed by atoms with Crippen LogP contribution in [0.3, 0.4) is 0 Å². The van der Waals surface area contributed by atoms with Gasteiger partial charge in [0.25, 0.3) is 5.91 Å². The van der Waals surface area contributed by atoms with Crippen LogP contribution in [0.4, 0.5) is 28.9 Å². The van der Waals surface area contributed by atoms with Gasteiger partial charge in [0.15, 0.2) is 0 Å². The number of nitrogens with one attached hydrogen (secondary N) is 2. The van der Waals surface area contributed by atoms with Crippen molar-refractivity contribution in [1.82, 2.24) is 15.2 Å². The van der Waals surface area contributed by atoms with E-state index in [2.05, 4.69) is 27.1 Å². The maximum Gasteiger partial charge on any atom is 0.417 e. The number of hydrogen-bond acceptors (Lipinski definition) is 7. The van der Waals surface area contributed by atoms with Gasteiger partial charge in [-0.3, -0.25) is 9.69 Å². The Kier molecular flexibility index (Phi) is 8.79. The van der Waals surface area contributed by atoms with Gasteiger partial charge in [-0.1, -0.05) is 6.58 Å². The van der Waals surface area contributed by atoms with Gasteiger partial charge in [-0.15, -0.1) is 0 Å². The van der Waals surface area contributed by atoms with E-state index in [1.54, 1.807) is 12.1 Å². The van der Waals surface area contributed by atoms with E-state index in [-0.39, 0.29) is 35.1 Å². The van der Waals surface area contributed by atoms with E-state index in [4.69, 9.17) is 9.47 Å². The summed E-state index contributed by atoms with van der Waals surface area (Å²) in [5.41, 5.74) is -0.609. The quantitative estimate of drug-likeness (QED) is 0.430. The number of carbonyl (C=O) groups excluding carboxylic acids is 1. The zero-order valence-electron chi connectivity index (χ0n) is 24.3. The molecule has 2 fully saturated rings. The van der Waals surface area contributed by atoms with Crippen molar-refractivity contribution in [2.75, 3.05) is 43.6 Å². The summed E-state index contributed by atoms with van der Waals surface area (Å²) in [6.45, 7) is 9.86. The minimum absolute atomic E-state index is 0.00536. The highest BCUT2D eigenvalue weighted by Crippen LogP contribution is 2.38. The molecule has 12 heteroatoms. The number of ether oxygens (including phenoxy) is 2. The number of anilines is 2. The monoisotopic (exact) mass is 601 g/mol. The lowest BCUT2D eigenvalue weighted by atomic mass is 10.0. The molecule has 3 aliphatic rings. The molecule has 3 aliphatic heterocycles. The molecule has 0 aliphatic carbocycles. The zero-order valence-corrected chi connectivity index (χ0v) is 24.3. The van der Waals surface area contributed by atoms with Crippen molar-refractivity contribution in [3.8, 4) is 17.0 Å². The van der Waals surface area contributed by atoms with E-state index in [1.165, 1.54) is 18.3 Å². The number of likely N-dealkylation sites (N-methyl/N-ethyl adjacent to an activating group) is 1. The number of rotatable bonds is 6. The molecule has 2 aromatic rings. The van der Waals surface area contributed by atoms with Gasteiger partial charge in [-0.25, -0.2) is 9.37 Å². The Balaban J connectivity index is 1.49. The zero-order chi connectivity index (χ0) is 30.9. The van der Waals surface area contributed by atoms with E-state index < -0.39 is 29.0 Å². The van der Waals surface area contributed by atoms with Crippen molar-refractivity contribution in [2.24, 2.45) is 0 Å². The van der Waals surface area contributed by atoms with Crippen LogP contribution < -0.4 is 20.3 Å². The minimum atomic E-state index is -4.78. The third kappa shape index (κ3) is 6.86. The summed E-state index contributed by atoms with van der Waals surface area (Å²) in [6.07, 6.45) is -0.0730. The molecule has 2 atom stereocenters. The second-order valence-corrected chi connectivity index (χ2v) is 11.2. The first-order valence-corrected chi connectivity index (χ1v) is 14.2. The van der Waals surface area contributed by atoms with Crippen LogP contribution in [-0.2, 0) is 9.53 Å². The van der Waals surface area contributed by atoms with Crippen molar-refractivity contribution >= 4 is 17.3 Å². The van der Waals surface area contributed by atoms with Crippen LogP contribution in [0.1, 0.15) is 26.7 Å². The molecule has 230 valence electrons. The molecular weight excluding hydrogens is 566 g/mol. The summed E-state index contributed by atoms with van der Waals surface area (Å²) in [4.78, 5) is 21.8. The van der Waals surface area contributed by atoms with Crippen molar-refractivity contribution in [3.63, 3.8) is 0 Å². The number of alkyl halides is 3. The first kappa shape index (κ1) is 30.6. The molecule has 43 heavy (non-hydrogen) atoms. The standard InChI is InChI=1S/C31H35F4N5O3/c1-18-11-25(31(33,34)35)24(15-36-18)30(41)38-27-12-23(21-5-6-29(37-14-21)43-22-7-9-42-10-8-22)26(32)13-28(27)40-16-19(2)39(4)20(3)17-40/h5-6,11-15,19-20,22,36H,1,7-10,16-17H2,2-4H3,(H,38,41)/t19-,20+. The molecule has 1 aromatic carbocycles. The van der Waals surface area contributed by atoms with E-state index in [0.717, 1.165) is 25.1 Å². The lowest BCUT2D eigenvalue weighted by Crippen LogP contribution is -2.55. The van der Waals surface area contributed by atoms with Crippen molar-refractivity contribution in [3.05, 3.63) is 72.0 Å². The smallest absolute Gasteiger partial charge is 0.417 e. The Hall–Kier alpha value is -3.90. The van der Waals surface area contributed by atoms with Gasteiger partial charge in [0.1, 0.15) is 11.9 Å². The minimum Gasteiger partial charge on any atom is -0.474 e. The topological polar surface area (TPSA) is 79.0 Å². The largest absolute Gasteiger partial charge is 0.474 e. The second-order valence-electron chi connectivity index (χ2n) is 11.2. The van der Waals surface area contributed by atoms with Gasteiger partial charge >= 0.3 is 6.18 Å². The second kappa shape index (κ2) is 12.4. The Morgan fingerprint density at radius 3 is 2.49 bits per heavy atom. The van der Waals surface area contributed by atoms with Crippen molar-refractivity contribution < 1.29 is 31.8 Å².